The Kier molecular flexibility index (Phi) is 4.98. The first-order valence-corrected chi connectivity index (χ1v) is 5.05. The third-order valence-corrected chi connectivity index (χ3v) is 2.82. The number of hydrogen-bond acceptors (Lipinski definition) is 3. The second kappa shape index (κ2) is 5.49. The zero-order valence-corrected chi connectivity index (χ0v) is 9.96. The first-order valence-electron chi connectivity index (χ1n) is 5.05. The van der Waals surface area contributed by atoms with Gasteiger partial charge in [-0.05, 0) is 11.3 Å². The zero-order valence-electron chi connectivity index (χ0n) is 9.96. The van der Waals surface area contributed by atoms with Gasteiger partial charge in [0.2, 0.25) is 0 Å². The number of rotatable bonds is 5. The molecule has 3 nitrogen and oxygen atoms in total. The van der Waals surface area contributed by atoms with Crippen molar-refractivity contribution in [2.75, 3.05) is 0 Å². The van der Waals surface area contributed by atoms with E-state index in [4.69, 9.17) is 16.6 Å². The summed E-state index contributed by atoms with van der Waals surface area (Å²) >= 11 is 0. The van der Waals surface area contributed by atoms with Gasteiger partial charge in [0.05, 0.1) is 5.70 Å². The smallest absolute Gasteiger partial charge is 0.0581 e. The van der Waals surface area contributed by atoms with Gasteiger partial charge in [-0.25, -0.2) is 0 Å². The Balaban J connectivity index is 4.93. The number of hydrogen-bond donors (Lipinski definition) is 3. The molecule has 0 amide bonds. The van der Waals surface area contributed by atoms with E-state index in [1.807, 2.05) is 12.2 Å². The van der Waals surface area contributed by atoms with Crippen molar-refractivity contribution in [3.63, 3.8) is 0 Å². The van der Waals surface area contributed by atoms with E-state index < -0.39 is 0 Å². The summed E-state index contributed by atoms with van der Waals surface area (Å²) in [6, 6.07) is 0. The molecule has 0 aromatic carbocycles. The van der Waals surface area contributed by atoms with Crippen LogP contribution in [0.4, 0.5) is 0 Å². The van der Waals surface area contributed by atoms with Crippen molar-refractivity contribution in [1.29, 1.82) is 10.8 Å². The van der Waals surface area contributed by atoms with Crippen LogP contribution in [0.2, 0.25) is 0 Å². The minimum absolute atomic E-state index is 0.0660. The highest BCUT2D eigenvalue weighted by molar-refractivity contribution is 5.90. The van der Waals surface area contributed by atoms with Crippen LogP contribution in [0.5, 0.6) is 0 Å². The predicted octanol–water partition coefficient (Wildman–Crippen LogP) is 2.74. The topological polar surface area (TPSA) is 73.7 Å². The maximum Gasteiger partial charge on any atom is 0.0581 e. The molecule has 15 heavy (non-hydrogen) atoms. The Morgan fingerprint density at radius 3 is 2.07 bits per heavy atom. The molecule has 4 N–H and O–H groups in total. The molecule has 0 atom stereocenters. The lowest BCUT2D eigenvalue weighted by molar-refractivity contribution is 0.333. The van der Waals surface area contributed by atoms with Crippen LogP contribution in [0.15, 0.2) is 23.4 Å². The van der Waals surface area contributed by atoms with Gasteiger partial charge >= 0.3 is 0 Å². The maximum atomic E-state index is 7.19. The largest absolute Gasteiger partial charge is 0.397 e. The minimum Gasteiger partial charge on any atom is -0.397 e. The van der Waals surface area contributed by atoms with Gasteiger partial charge in [-0.15, -0.1) is 0 Å². The Labute approximate surface area is 92.1 Å². The van der Waals surface area contributed by atoms with Crippen molar-refractivity contribution in [2.45, 2.75) is 27.7 Å². The molecule has 0 aromatic heterocycles. The van der Waals surface area contributed by atoms with Crippen LogP contribution in [0.1, 0.15) is 27.7 Å². The van der Waals surface area contributed by atoms with Gasteiger partial charge in [-0.1, -0.05) is 39.8 Å². The third-order valence-electron chi connectivity index (χ3n) is 2.82. The van der Waals surface area contributed by atoms with Gasteiger partial charge in [-0.2, -0.15) is 0 Å². The second-order valence-corrected chi connectivity index (χ2v) is 4.51. The van der Waals surface area contributed by atoms with E-state index in [0.29, 0.717) is 17.2 Å². The van der Waals surface area contributed by atoms with Gasteiger partial charge in [0.25, 0.3) is 0 Å². The Morgan fingerprint density at radius 1 is 1.20 bits per heavy atom. The van der Waals surface area contributed by atoms with E-state index in [-0.39, 0.29) is 5.41 Å². The third kappa shape index (κ3) is 4.11. The quantitative estimate of drug-likeness (QED) is 0.470. The molecule has 0 aromatic rings. The van der Waals surface area contributed by atoms with E-state index >= 15 is 0 Å². The molecule has 0 saturated heterocycles. The summed E-state index contributed by atoms with van der Waals surface area (Å²) in [7, 11) is 0. The molecular formula is C12H21N3. The van der Waals surface area contributed by atoms with Gasteiger partial charge in [0.15, 0.2) is 0 Å². The predicted molar refractivity (Wildman–Crippen MR) is 66.5 cm³/mol. The molecule has 0 aliphatic rings. The van der Waals surface area contributed by atoms with E-state index in [1.165, 1.54) is 6.21 Å². The van der Waals surface area contributed by atoms with Crippen molar-refractivity contribution < 1.29 is 0 Å². The maximum absolute atomic E-state index is 7.19. The Hall–Kier alpha value is -1.38. The minimum atomic E-state index is 0.0660. The highest BCUT2D eigenvalue weighted by Gasteiger charge is 2.18. The van der Waals surface area contributed by atoms with Crippen molar-refractivity contribution in [1.82, 2.24) is 0 Å². The molecule has 84 valence electrons. The summed E-state index contributed by atoms with van der Waals surface area (Å²) in [5.74, 6) is 0.516. The van der Waals surface area contributed by atoms with Crippen LogP contribution in [0.3, 0.4) is 0 Å². The van der Waals surface area contributed by atoms with E-state index in [0.717, 1.165) is 6.21 Å². The molecule has 0 fully saturated rings. The average molecular weight is 207 g/mol. The summed E-state index contributed by atoms with van der Waals surface area (Å²) in [5, 5.41) is 14.2. The standard InChI is InChI=1S/C12H21N3/c1-9(2)12(3,4)6-5-10(7-13)11(15)8-14/h5-9,13-14H,15H2,1-4H3/b6-5-,11-10?,13-7?,14-8?. The van der Waals surface area contributed by atoms with Crippen LogP contribution < -0.4 is 5.73 Å². The molecule has 3 heteroatoms. The van der Waals surface area contributed by atoms with Crippen molar-refractivity contribution in [3.8, 4) is 0 Å². The molecular weight excluding hydrogens is 186 g/mol. The van der Waals surface area contributed by atoms with Crippen molar-refractivity contribution in [3.05, 3.63) is 23.4 Å². The highest BCUT2D eigenvalue weighted by atomic mass is 14.6. The van der Waals surface area contributed by atoms with Gasteiger partial charge in [0.1, 0.15) is 0 Å². The molecule has 0 aliphatic carbocycles. The average Bonchev–Trinajstić information content (AvgIpc) is 2.17. The fourth-order valence-corrected chi connectivity index (χ4v) is 0.808. The highest BCUT2D eigenvalue weighted by Crippen LogP contribution is 2.27. The van der Waals surface area contributed by atoms with Crippen molar-refractivity contribution in [2.24, 2.45) is 17.1 Å². The van der Waals surface area contributed by atoms with Crippen LogP contribution >= 0.6 is 0 Å². The monoisotopic (exact) mass is 207 g/mol. The molecule has 0 unspecified atom stereocenters. The van der Waals surface area contributed by atoms with Crippen LogP contribution in [-0.4, -0.2) is 12.4 Å². The van der Waals surface area contributed by atoms with Crippen LogP contribution in [0, 0.1) is 22.2 Å². The van der Waals surface area contributed by atoms with Gasteiger partial charge < -0.3 is 16.6 Å². The van der Waals surface area contributed by atoms with Crippen LogP contribution in [-0.2, 0) is 0 Å². The SMILES string of the molecule is CC(C)C(C)(C)/C=C\C(C=N)=C(N)C=N. The lowest BCUT2D eigenvalue weighted by Crippen LogP contribution is -2.16. The molecule has 0 aliphatic heterocycles. The summed E-state index contributed by atoms with van der Waals surface area (Å²) in [6.07, 6.45) is 6.09. The Bertz CT molecular complexity index is 296. The van der Waals surface area contributed by atoms with E-state index in [2.05, 4.69) is 27.7 Å². The second-order valence-electron chi connectivity index (χ2n) is 4.51. The molecule has 0 bridgehead atoms. The summed E-state index contributed by atoms with van der Waals surface area (Å²) in [4.78, 5) is 0. The fraction of sp³-hybridized carbons (Fsp3) is 0.500. The van der Waals surface area contributed by atoms with E-state index in [1.54, 1.807) is 0 Å². The molecule has 0 heterocycles. The normalized spacial score (nSPS) is 14.2. The molecule has 0 rings (SSSR count). The summed E-state index contributed by atoms with van der Waals surface area (Å²) < 4.78 is 0. The summed E-state index contributed by atoms with van der Waals surface area (Å²) in [5.41, 5.74) is 6.54. The lowest BCUT2D eigenvalue weighted by atomic mass is 9.80. The van der Waals surface area contributed by atoms with Crippen LogP contribution in [0.25, 0.3) is 0 Å². The van der Waals surface area contributed by atoms with E-state index in [9.17, 15) is 0 Å². The number of nitrogens with two attached hydrogens (primary N) is 1. The molecule has 0 radical (unpaired) electrons. The number of allylic oxidation sites excluding steroid dienone is 4. The Morgan fingerprint density at radius 2 is 1.73 bits per heavy atom. The summed E-state index contributed by atoms with van der Waals surface area (Å²) in [6.45, 7) is 8.57. The molecule has 0 saturated carbocycles. The van der Waals surface area contributed by atoms with Gasteiger partial charge in [0, 0.05) is 18.0 Å². The zero-order chi connectivity index (χ0) is 12.1. The van der Waals surface area contributed by atoms with Crippen molar-refractivity contribution >= 4 is 12.4 Å². The first kappa shape index (κ1) is 13.6. The lowest BCUT2D eigenvalue weighted by Gasteiger charge is -2.25. The number of nitrogens with one attached hydrogen (secondary N) is 2. The molecule has 0 spiro atoms. The van der Waals surface area contributed by atoms with Gasteiger partial charge in [-0.3, -0.25) is 0 Å². The first-order chi connectivity index (χ1) is 6.85. The fourth-order valence-electron chi connectivity index (χ4n) is 0.808.